The smallest absolute Gasteiger partial charge is 0.413 e. The van der Waals surface area contributed by atoms with Gasteiger partial charge >= 0.3 is 6.09 Å². The molecule has 0 aliphatic heterocycles. The Bertz CT molecular complexity index is 821. The molecule has 8 nitrogen and oxygen atoms in total. The van der Waals surface area contributed by atoms with Gasteiger partial charge in [0, 0.05) is 6.54 Å². The zero-order valence-electron chi connectivity index (χ0n) is 15.5. The molecule has 0 aliphatic rings. The van der Waals surface area contributed by atoms with Gasteiger partial charge in [-0.25, -0.2) is 4.79 Å². The van der Waals surface area contributed by atoms with Gasteiger partial charge in [0.2, 0.25) is 5.91 Å². The van der Waals surface area contributed by atoms with Gasteiger partial charge in [0.1, 0.15) is 12.4 Å². The Balaban J connectivity index is 2.08. The fourth-order valence-corrected chi connectivity index (χ4v) is 3.02. The number of ether oxygens (including phenoxy) is 2. The summed E-state index contributed by atoms with van der Waals surface area (Å²) in [5.74, 6) is 0.875. The molecular formula is C18H22N4O4S. The fourth-order valence-electron chi connectivity index (χ4n) is 2.14. The van der Waals surface area contributed by atoms with Crippen molar-refractivity contribution in [3.63, 3.8) is 0 Å². The van der Waals surface area contributed by atoms with Gasteiger partial charge in [-0.2, -0.15) is 0 Å². The maximum atomic E-state index is 12.0. The number of nitrogens with zero attached hydrogens (tertiary/aromatic N) is 3. The summed E-state index contributed by atoms with van der Waals surface area (Å²) in [4.78, 5) is 23.2. The molecule has 2 rings (SSSR count). The van der Waals surface area contributed by atoms with E-state index in [1.807, 2.05) is 35.8 Å². The molecule has 2 aromatic rings. The molecule has 0 spiro atoms. The number of amides is 2. The fraction of sp³-hybridized carbons (Fsp3) is 0.333. The van der Waals surface area contributed by atoms with E-state index in [4.69, 9.17) is 4.74 Å². The molecule has 2 amide bonds. The number of rotatable bonds is 8. The van der Waals surface area contributed by atoms with E-state index in [0.29, 0.717) is 17.5 Å². The van der Waals surface area contributed by atoms with E-state index >= 15 is 0 Å². The molecule has 0 aliphatic carbocycles. The highest BCUT2D eigenvalue weighted by molar-refractivity contribution is 8.00. The standard InChI is InChI=1S/C18H22N4O4S/c1-5-9-22-15(11-26-14-8-6-7-12(2)10-14)20-21-17(22)27-13(3)16(23)19-18(24)25-4/h5-8,10,13H,1,9,11H2,2-4H3,(H,19,23,24)/t13-/m1/s1. The second-order valence-electron chi connectivity index (χ2n) is 5.64. The van der Waals surface area contributed by atoms with Crippen LogP contribution in [-0.2, 0) is 22.7 Å². The SMILES string of the molecule is C=CCn1c(COc2cccc(C)c2)nnc1S[C@H](C)C(=O)NC(=O)OC. The molecule has 0 saturated carbocycles. The number of imide groups is 1. The minimum Gasteiger partial charge on any atom is -0.486 e. The van der Waals surface area contributed by atoms with Crippen LogP contribution in [0.4, 0.5) is 4.79 Å². The number of allylic oxidation sites excluding steroid dienone is 1. The molecule has 0 unspecified atom stereocenters. The van der Waals surface area contributed by atoms with Crippen LogP contribution >= 0.6 is 11.8 Å². The first-order chi connectivity index (χ1) is 12.9. The minimum atomic E-state index is -0.799. The predicted octanol–water partition coefficient (Wildman–Crippen LogP) is 2.71. The quantitative estimate of drug-likeness (QED) is 0.547. The van der Waals surface area contributed by atoms with Crippen molar-refractivity contribution in [1.82, 2.24) is 20.1 Å². The third-order valence-corrected chi connectivity index (χ3v) is 4.61. The van der Waals surface area contributed by atoms with Crippen LogP contribution in [0.5, 0.6) is 5.75 Å². The van der Waals surface area contributed by atoms with Crippen molar-refractivity contribution in [3.8, 4) is 5.75 Å². The summed E-state index contributed by atoms with van der Waals surface area (Å²) in [5.41, 5.74) is 1.10. The van der Waals surface area contributed by atoms with Crippen molar-refractivity contribution >= 4 is 23.8 Å². The number of benzene rings is 1. The Kier molecular flexibility index (Phi) is 7.42. The molecule has 0 radical (unpaired) electrons. The number of aryl methyl sites for hydroxylation is 1. The average Bonchev–Trinajstić information content (AvgIpc) is 3.01. The molecule has 144 valence electrons. The van der Waals surface area contributed by atoms with E-state index in [0.717, 1.165) is 11.3 Å². The van der Waals surface area contributed by atoms with Crippen molar-refractivity contribution in [2.24, 2.45) is 0 Å². The second kappa shape index (κ2) is 9.77. The monoisotopic (exact) mass is 390 g/mol. The summed E-state index contributed by atoms with van der Waals surface area (Å²) in [6, 6.07) is 7.71. The number of methoxy groups -OCH3 is 1. The zero-order valence-corrected chi connectivity index (χ0v) is 16.3. The molecule has 0 saturated heterocycles. The molecule has 1 atom stereocenters. The molecule has 0 bridgehead atoms. The Labute approximate surface area is 161 Å². The number of hydrogen-bond acceptors (Lipinski definition) is 7. The van der Waals surface area contributed by atoms with Crippen LogP contribution in [0.1, 0.15) is 18.3 Å². The van der Waals surface area contributed by atoms with Crippen LogP contribution in [0.15, 0.2) is 42.1 Å². The van der Waals surface area contributed by atoms with E-state index in [1.165, 1.54) is 18.9 Å². The summed E-state index contributed by atoms with van der Waals surface area (Å²) in [6.07, 6.45) is 0.912. The summed E-state index contributed by atoms with van der Waals surface area (Å²) >= 11 is 1.18. The van der Waals surface area contributed by atoms with Gasteiger partial charge in [-0.05, 0) is 31.5 Å². The zero-order chi connectivity index (χ0) is 19.8. The van der Waals surface area contributed by atoms with E-state index in [2.05, 4.69) is 26.8 Å². The normalized spacial score (nSPS) is 11.5. The number of nitrogens with one attached hydrogen (secondary N) is 1. The predicted molar refractivity (Wildman–Crippen MR) is 102 cm³/mol. The van der Waals surface area contributed by atoms with Crippen LogP contribution in [0.3, 0.4) is 0 Å². The number of thioether (sulfide) groups is 1. The van der Waals surface area contributed by atoms with Crippen molar-refractivity contribution in [2.75, 3.05) is 7.11 Å². The third-order valence-electron chi connectivity index (χ3n) is 3.52. The molecule has 1 aromatic carbocycles. The Hall–Kier alpha value is -2.81. The maximum Gasteiger partial charge on any atom is 0.413 e. The largest absolute Gasteiger partial charge is 0.486 e. The molecule has 1 aromatic heterocycles. The van der Waals surface area contributed by atoms with Gasteiger partial charge in [0.25, 0.3) is 0 Å². The topological polar surface area (TPSA) is 95.3 Å². The van der Waals surface area contributed by atoms with Crippen LogP contribution in [0, 0.1) is 6.92 Å². The van der Waals surface area contributed by atoms with Crippen LogP contribution in [0.2, 0.25) is 0 Å². The number of carbonyl (C=O) groups excluding carboxylic acids is 2. The second-order valence-corrected chi connectivity index (χ2v) is 6.95. The van der Waals surface area contributed by atoms with E-state index in [9.17, 15) is 9.59 Å². The molecule has 1 heterocycles. The summed E-state index contributed by atoms with van der Waals surface area (Å²) in [7, 11) is 1.20. The van der Waals surface area contributed by atoms with Crippen molar-refractivity contribution in [1.29, 1.82) is 0 Å². The van der Waals surface area contributed by atoms with E-state index in [-0.39, 0.29) is 6.61 Å². The highest BCUT2D eigenvalue weighted by Gasteiger charge is 2.21. The van der Waals surface area contributed by atoms with Gasteiger partial charge in [0.05, 0.1) is 12.4 Å². The first kappa shape index (κ1) is 20.5. The van der Waals surface area contributed by atoms with Gasteiger partial charge in [-0.1, -0.05) is 30.0 Å². The number of hydrogen-bond donors (Lipinski definition) is 1. The van der Waals surface area contributed by atoms with Crippen molar-refractivity contribution in [3.05, 3.63) is 48.3 Å². The highest BCUT2D eigenvalue weighted by Crippen LogP contribution is 2.23. The summed E-state index contributed by atoms with van der Waals surface area (Å²) in [5, 5.41) is 10.4. The molecule has 0 fully saturated rings. The van der Waals surface area contributed by atoms with Gasteiger partial charge in [-0.3, -0.25) is 14.7 Å². The van der Waals surface area contributed by atoms with Crippen LogP contribution in [0.25, 0.3) is 0 Å². The Morgan fingerprint density at radius 1 is 1.41 bits per heavy atom. The van der Waals surface area contributed by atoms with E-state index in [1.54, 1.807) is 13.0 Å². The van der Waals surface area contributed by atoms with Gasteiger partial charge in [0.15, 0.2) is 11.0 Å². The van der Waals surface area contributed by atoms with Gasteiger partial charge < -0.3 is 9.47 Å². The first-order valence-corrected chi connectivity index (χ1v) is 9.10. The number of aromatic nitrogens is 3. The average molecular weight is 390 g/mol. The summed E-state index contributed by atoms with van der Waals surface area (Å²) < 4.78 is 12.0. The summed E-state index contributed by atoms with van der Waals surface area (Å²) in [6.45, 7) is 8.09. The van der Waals surface area contributed by atoms with Crippen LogP contribution < -0.4 is 10.1 Å². The number of alkyl carbamates (subject to hydrolysis) is 1. The highest BCUT2D eigenvalue weighted by atomic mass is 32.2. The molecule has 27 heavy (non-hydrogen) atoms. The maximum absolute atomic E-state index is 12.0. The third kappa shape index (κ3) is 5.85. The Morgan fingerprint density at radius 2 is 2.19 bits per heavy atom. The molecule has 1 N–H and O–H groups in total. The van der Waals surface area contributed by atoms with Crippen LogP contribution in [-0.4, -0.2) is 39.1 Å². The minimum absolute atomic E-state index is 0.230. The van der Waals surface area contributed by atoms with E-state index < -0.39 is 17.3 Å². The lowest BCUT2D eigenvalue weighted by molar-refractivity contribution is -0.119. The molecular weight excluding hydrogens is 368 g/mol. The van der Waals surface area contributed by atoms with Crippen molar-refractivity contribution < 1.29 is 19.1 Å². The number of carbonyl (C=O) groups is 2. The lowest BCUT2D eigenvalue weighted by atomic mass is 10.2. The Morgan fingerprint density at radius 3 is 2.85 bits per heavy atom. The lowest BCUT2D eigenvalue weighted by Crippen LogP contribution is -2.36. The lowest BCUT2D eigenvalue weighted by Gasteiger charge is -2.12. The van der Waals surface area contributed by atoms with Gasteiger partial charge in [-0.15, -0.1) is 16.8 Å². The molecule has 9 heteroatoms. The van der Waals surface area contributed by atoms with Crippen molar-refractivity contribution in [2.45, 2.75) is 37.4 Å². The first-order valence-electron chi connectivity index (χ1n) is 8.22.